The molecule has 6 heteroatoms. The number of rotatable bonds is 6. The lowest BCUT2D eigenvalue weighted by molar-refractivity contribution is -0.140. The third-order valence-electron chi connectivity index (χ3n) is 3.14. The van der Waals surface area contributed by atoms with Crippen LogP contribution in [0.3, 0.4) is 0 Å². The maximum absolute atomic E-state index is 11.7. The zero-order chi connectivity index (χ0) is 15.2. The van der Waals surface area contributed by atoms with Crippen molar-refractivity contribution < 1.29 is 19.4 Å². The molecule has 2 N–H and O–H groups in total. The van der Waals surface area contributed by atoms with Crippen LogP contribution in [-0.4, -0.2) is 29.6 Å². The third-order valence-corrected chi connectivity index (χ3v) is 3.38. The minimum atomic E-state index is -0.868. The Morgan fingerprint density at radius 1 is 1.38 bits per heavy atom. The van der Waals surface area contributed by atoms with Gasteiger partial charge >= 0.3 is 5.97 Å². The molecule has 0 fully saturated rings. The van der Waals surface area contributed by atoms with Crippen LogP contribution in [0.15, 0.2) is 36.4 Å². The first-order valence-electron chi connectivity index (χ1n) is 6.63. The van der Waals surface area contributed by atoms with Crippen LogP contribution in [0.1, 0.15) is 12.8 Å². The predicted molar refractivity (Wildman–Crippen MR) is 78.4 cm³/mol. The molecule has 0 saturated carbocycles. The highest BCUT2D eigenvalue weighted by Gasteiger charge is 2.25. The number of halogens is 1. The lowest BCUT2D eigenvalue weighted by Crippen LogP contribution is -2.34. The fourth-order valence-electron chi connectivity index (χ4n) is 2.09. The van der Waals surface area contributed by atoms with Crippen molar-refractivity contribution in [3.05, 3.63) is 41.4 Å². The van der Waals surface area contributed by atoms with Crippen LogP contribution in [0.5, 0.6) is 5.75 Å². The fraction of sp³-hybridized carbons (Fsp3) is 0.333. The summed E-state index contributed by atoms with van der Waals surface area (Å²) in [6.45, 7) is 0.241. The molecule has 0 bridgehead atoms. The minimum absolute atomic E-state index is 0.169. The summed E-state index contributed by atoms with van der Waals surface area (Å²) >= 11 is 5.82. The molecule has 0 saturated heterocycles. The van der Waals surface area contributed by atoms with E-state index in [4.69, 9.17) is 21.4 Å². The van der Waals surface area contributed by atoms with Gasteiger partial charge < -0.3 is 15.2 Å². The molecule has 0 aliphatic heterocycles. The molecular formula is C15H16ClNO4. The Hall–Kier alpha value is -2.01. The Morgan fingerprint density at radius 3 is 2.86 bits per heavy atom. The summed E-state index contributed by atoms with van der Waals surface area (Å²) in [6, 6.07) is 6.74. The number of aliphatic carboxylic acids is 1. The van der Waals surface area contributed by atoms with E-state index in [0.717, 1.165) is 0 Å². The molecule has 21 heavy (non-hydrogen) atoms. The molecule has 0 aromatic heterocycles. The van der Waals surface area contributed by atoms with Gasteiger partial charge in [0.05, 0.1) is 18.9 Å². The summed E-state index contributed by atoms with van der Waals surface area (Å²) in [5.41, 5.74) is 0. The van der Waals surface area contributed by atoms with Gasteiger partial charge in [0.1, 0.15) is 5.75 Å². The molecular weight excluding hydrogens is 294 g/mol. The molecule has 2 atom stereocenters. The van der Waals surface area contributed by atoms with Crippen molar-refractivity contribution in [2.45, 2.75) is 18.9 Å². The van der Waals surface area contributed by atoms with E-state index in [0.29, 0.717) is 17.2 Å². The largest absolute Gasteiger partial charge is 0.493 e. The van der Waals surface area contributed by atoms with E-state index >= 15 is 0 Å². The van der Waals surface area contributed by atoms with Gasteiger partial charge in [0.2, 0.25) is 5.91 Å². The van der Waals surface area contributed by atoms with Gasteiger partial charge in [0.15, 0.2) is 0 Å². The number of amides is 1. The zero-order valence-corrected chi connectivity index (χ0v) is 12.0. The van der Waals surface area contributed by atoms with Crippen molar-refractivity contribution in [3.8, 4) is 5.75 Å². The van der Waals surface area contributed by atoms with Crippen molar-refractivity contribution in [1.82, 2.24) is 5.32 Å². The highest BCUT2D eigenvalue weighted by molar-refractivity contribution is 6.30. The van der Waals surface area contributed by atoms with Crippen LogP contribution < -0.4 is 10.1 Å². The summed E-state index contributed by atoms with van der Waals surface area (Å²) < 4.78 is 5.42. The SMILES string of the molecule is O=C(CCOc1cccc(Cl)c1)NC1C=CC(C(=O)O)C1. The van der Waals surface area contributed by atoms with Crippen molar-refractivity contribution >= 4 is 23.5 Å². The molecule has 1 aliphatic carbocycles. The van der Waals surface area contributed by atoms with Crippen molar-refractivity contribution in [2.24, 2.45) is 5.92 Å². The monoisotopic (exact) mass is 309 g/mol. The number of nitrogens with one attached hydrogen (secondary N) is 1. The molecule has 1 amide bonds. The van der Waals surface area contributed by atoms with Crippen LogP contribution in [-0.2, 0) is 9.59 Å². The van der Waals surface area contributed by atoms with Crippen LogP contribution in [0.4, 0.5) is 0 Å². The molecule has 2 unspecified atom stereocenters. The second kappa shape index (κ2) is 7.13. The first kappa shape index (κ1) is 15.4. The normalized spacial score (nSPS) is 20.2. The van der Waals surface area contributed by atoms with E-state index in [1.807, 2.05) is 0 Å². The number of carbonyl (C=O) groups is 2. The van der Waals surface area contributed by atoms with E-state index in [2.05, 4.69) is 5.32 Å². The Morgan fingerprint density at radius 2 is 2.19 bits per heavy atom. The molecule has 0 radical (unpaired) electrons. The standard InChI is InChI=1S/C15H16ClNO4/c16-11-2-1-3-13(9-11)21-7-6-14(18)17-12-5-4-10(8-12)15(19)20/h1-5,9-10,12H,6-8H2,(H,17,18)(H,19,20). The number of hydrogen-bond donors (Lipinski definition) is 2. The highest BCUT2D eigenvalue weighted by Crippen LogP contribution is 2.18. The van der Waals surface area contributed by atoms with Crippen LogP contribution in [0.2, 0.25) is 5.02 Å². The van der Waals surface area contributed by atoms with Crippen molar-refractivity contribution in [3.63, 3.8) is 0 Å². The Bertz CT molecular complexity index is 558. The molecule has 112 valence electrons. The van der Waals surface area contributed by atoms with E-state index in [9.17, 15) is 9.59 Å². The summed E-state index contributed by atoms with van der Waals surface area (Å²) in [5, 5.41) is 12.2. The summed E-state index contributed by atoms with van der Waals surface area (Å²) in [4.78, 5) is 22.5. The summed E-state index contributed by atoms with van der Waals surface area (Å²) in [7, 11) is 0. The average Bonchev–Trinajstić information content (AvgIpc) is 2.87. The Labute approximate surface area is 127 Å². The van der Waals surface area contributed by atoms with Crippen LogP contribution >= 0.6 is 11.6 Å². The number of carbonyl (C=O) groups excluding carboxylic acids is 1. The highest BCUT2D eigenvalue weighted by atomic mass is 35.5. The lowest BCUT2D eigenvalue weighted by atomic mass is 10.1. The molecule has 1 aromatic carbocycles. The summed E-state index contributed by atoms with van der Waals surface area (Å²) in [6.07, 6.45) is 3.93. The van der Waals surface area contributed by atoms with E-state index in [1.165, 1.54) is 0 Å². The number of carboxylic acids is 1. The van der Waals surface area contributed by atoms with E-state index in [-0.39, 0.29) is 25.0 Å². The third kappa shape index (κ3) is 4.79. The van der Waals surface area contributed by atoms with Gasteiger partial charge in [-0.25, -0.2) is 0 Å². The quantitative estimate of drug-likeness (QED) is 0.790. The van der Waals surface area contributed by atoms with Gasteiger partial charge in [-0.1, -0.05) is 29.8 Å². The second-order valence-corrected chi connectivity index (χ2v) is 5.23. The zero-order valence-electron chi connectivity index (χ0n) is 11.3. The van der Waals surface area contributed by atoms with Gasteiger partial charge in [-0.05, 0) is 24.6 Å². The fourth-order valence-corrected chi connectivity index (χ4v) is 2.27. The van der Waals surface area contributed by atoms with Crippen LogP contribution in [0.25, 0.3) is 0 Å². The van der Waals surface area contributed by atoms with E-state index < -0.39 is 11.9 Å². The van der Waals surface area contributed by atoms with Crippen molar-refractivity contribution in [2.75, 3.05) is 6.61 Å². The maximum atomic E-state index is 11.7. The van der Waals surface area contributed by atoms with Crippen molar-refractivity contribution in [1.29, 1.82) is 0 Å². The Balaban J connectivity index is 1.69. The first-order chi connectivity index (χ1) is 10.0. The van der Waals surface area contributed by atoms with Crippen LogP contribution in [0, 0.1) is 5.92 Å². The Kier molecular flexibility index (Phi) is 5.22. The molecule has 1 aromatic rings. The topological polar surface area (TPSA) is 75.6 Å². The molecule has 5 nitrogen and oxygen atoms in total. The minimum Gasteiger partial charge on any atom is -0.493 e. The maximum Gasteiger partial charge on any atom is 0.310 e. The van der Waals surface area contributed by atoms with Gasteiger partial charge in [-0.2, -0.15) is 0 Å². The number of benzene rings is 1. The number of carboxylic acid groups (broad SMARTS) is 1. The first-order valence-corrected chi connectivity index (χ1v) is 7.01. The van der Waals surface area contributed by atoms with Gasteiger partial charge in [0.25, 0.3) is 0 Å². The average molecular weight is 310 g/mol. The van der Waals surface area contributed by atoms with Gasteiger partial charge in [-0.15, -0.1) is 0 Å². The molecule has 2 rings (SSSR count). The molecule has 1 aliphatic rings. The molecule has 0 heterocycles. The number of ether oxygens (including phenoxy) is 1. The molecule has 0 spiro atoms. The predicted octanol–water partition coefficient (Wildman–Crippen LogP) is 2.25. The second-order valence-electron chi connectivity index (χ2n) is 4.80. The number of hydrogen-bond acceptors (Lipinski definition) is 3. The lowest BCUT2D eigenvalue weighted by Gasteiger charge is -2.12. The summed E-state index contributed by atoms with van der Waals surface area (Å²) in [5.74, 6) is -0.940. The van der Waals surface area contributed by atoms with Gasteiger partial charge in [0, 0.05) is 11.1 Å². The smallest absolute Gasteiger partial charge is 0.310 e. The van der Waals surface area contributed by atoms with E-state index in [1.54, 1.807) is 36.4 Å². The van der Waals surface area contributed by atoms with Gasteiger partial charge in [-0.3, -0.25) is 9.59 Å².